The van der Waals surface area contributed by atoms with Crippen LogP contribution in [0.3, 0.4) is 0 Å². The fraction of sp³-hybridized carbons (Fsp3) is 0.409. The molecule has 0 N–H and O–H groups in total. The van der Waals surface area contributed by atoms with Gasteiger partial charge in [-0.2, -0.15) is 0 Å². The number of aryl methyl sites for hydroxylation is 1. The minimum atomic E-state index is 0.158. The maximum Gasteiger partial charge on any atom is 0.227 e. The lowest BCUT2D eigenvalue weighted by Crippen LogP contribution is -2.48. The summed E-state index contributed by atoms with van der Waals surface area (Å²) in [7, 11) is 3.32. The Hall–Kier alpha value is -2.24. The van der Waals surface area contributed by atoms with Crippen molar-refractivity contribution in [3.05, 3.63) is 58.1 Å². The first-order valence-electron chi connectivity index (χ1n) is 9.46. The van der Waals surface area contributed by atoms with Crippen LogP contribution in [0.25, 0.3) is 0 Å². The van der Waals surface area contributed by atoms with E-state index in [1.165, 1.54) is 0 Å². The van der Waals surface area contributed by atoms with Gasteiger partial charge < -0.3 is 14.4 Å². The predicted molar refractivity (Wildman–Crippen MR) is 111 cm³/mol. The van der Waals surface area contributed by atoms with E-state index in [0.717, 1.165) is 60.9 Å². The van der Waals surface area contributed by atoms with Gasteiger partial charge in [-0.3, -0.25) is 9.69 Å². The Bertz CT molecular complexity index is 833. The number of carbonyl (C=O) groups excluding carboxylic acids is 1. The zero-order valence-electron chi connectivity index (χ0n) is 16.7. The molecular formula is C22H27ClN2O3. The third-order valence-electron chi connectivity index (χ3n) is 5.19. The van der Waals surface area contributed by atoms with E-state index in [4.69, 9.17) is 21.1 Å². The highest BCUT2D eigenvalue weighted by Crippen LogP contribution is 2.25. The van der Waals surface area contributed by atoms with Gasteiger partial charge in [0.15, 0.2) is 0 Å². The Kier molecular flexibility index (Phi) is 6.81. The minimum Gasteiger partial charge on any atom is -0.496 e. The molecule has 0 aliphatic carbocycles. The summed E-state index contributed by atoms with van der Waals surface area (Å²) in [5, 5.41) is 0.707. The molecule has 1 heterocycles. The number of methoxy groups -OCH3 is 2. The lowest BCUT2D eigenvalue weighted by molar-refractivity contribution is -0.132. The van der Waals surface area contributed by atoms with Crippen molar-refractivity contribution >= 4 is 17.5 Å². The summed E-state index contributed by atoms with van der Waals surface area (Å²) >= 11 is 6.13. The smallest absolute Gasteiger partial charge is 0.227 e. The fourth-order valence-corrected chi connectivity index (χ4v) is 3.72. The molecule has 3 rings (SSSR count). The number of ether oxygens (including phenoxy) is 2. The largest absolute Gasteiger partial charge is 0.496 e. The lowest BCUT2D eigenvalue weighted by atomic mass is 10.1. The maximum absolute atomic E-state index is 12.7. The van der Waals surface area contributed by atoms with Gasteiger partial charge in [0.2, 0.25) is 5.91 Å². The summed E-state index contributed by atoms with van der Waals surface area (Å²) < 4.78 is 10.8. The van der Waals surface area contributed by atoms with Crippen LogP contribution in [0.15, 0.2) is 36.4 Å². The maximum atomic E-state index is 12.7. The third kappa shape index (κ3) is 4.97. The zero-order chi connectivity index (χ0) is 20.1. The van der Waals surface area contributed by atoms with Crippen LogP contribution in [0, 0.1) is 6.92 Å². The SMILES string of the molecule is COc1cc(CC(=O)N2CCN(Cc3cc(Cl)ccc3OC)CC2)ccc1C. The van der Waals surface area contributed by atoms with E-state index in [1.54, 1.807) is 14.2 Å². The van der Waals surface area contributed by atoms with Crippen LogP contribution in [0.4, 0.5) is 0 Å². The van der Waals surface area contributed by atoms with E-state index in [9.17, 15) is 4.79 Å². The lowest BCUT2D eigenvalue weighted by Gasteiger charge is -2.35. The molecule has 6 heteroatoms. The van der Waals surface area contributed by atoms with Crippen molar-refractivity contribution in [1.82, 2.24) is 9.80 Å². The van der Waals surface area contributed by atoms with Crippen molar-refractivity contribution < 1.29 is 14.3 Å². The number of carbonyl (C=O) groups is 1. The second-order valence-corrected chi connectivity index (χ2v) is 7.53. The van der Waals surface area contributed by atoms with Gasteiger partial charge in [0, 0.05) is 43.3 Å². The van der Waals surface area contributed by atoms with Crippen LogP contribution in [-0.2, 0) is 17.8 Å². The van der Waals surface area contributed by atoms with E-state index in [-0.39, 0.29) is 5.91 Å². The highest BCUT2D eigenvalue weighted by molar-refractivity contribution is 6.30. The highest BCUT2D eigenvalue weighted by Gasteiger charge is 2.22. The first-order chi connectivity index (χ1) is 13.5. The van der Waals surface area contributed by atoms with Crippen molar-refractivity contribution in [2.75, 3.05) is 40.4 Å². The summed E-state index contributed by atoms with van der Waals surface area (Å²) in [6, 6.07) is 11.6. The van der Waals surface area contributed by atoms with Gasteiger partial charge in [0.05, 0.1) is 20.6 Å². The van der Waals surface area contributed by atoms with Crippen LogP contribution in [0.5, 0.6) is 11.5 Å². The number of amides is 1. The van der Waals surface area contributed by atoms with Crippen molar-refractivity contribution in [1.29, 1.82) is 0 Å². The molecule has 1 saturated heterocycles. The average Bonchev–Trinajstić information content (AvgIpc) is 2.70. The molecule has 2 aromatic rings. The van der Waals surface area contributed by atoms with Crippen LogP contribution >= 0.6 is 11.6 Å². The second-order valence-electron chi connectivity index (χ2n) is 7.09. The first-order valence-corrected chi connectivity index (χ1v) is 9.84. The van der Waals surface area contributed by atoms with E-state index in [2.05, 4.69) is 4.90 Å². The Balaban J connectivity index is 1.55. The molecular weight excluding hydrogens is 376 g/mol. The number of hydrogen-bond acceptors (Lipinski definition) is 4. The molecule has 28 heavy (non-hydrogen) atoms. The Labute approximate surface area is 171 Å². The molecule has 0 saturated carbocycles. The molecule has 150 valence electrons. The van der Waals surface area contributed by atoms with E-state index < -0.39 is 0 Å². The number of halogens is 1. The predicted octanol–water partition coefficient (Wildman–Crippen LogP) is 3.55. The van der Waals surface area contributed by atoms with Crippen molar-refractivity contribution in [2.24, 2.45) is 0 Å². The summed E-state index contributed by atoms with van der Waals surface area (Å²) in [6.45, 7) is 5.88. The molecule has 0 spiro atoms. The van der Waals surface area contributed by atoms with Crippen LogP contribution in [-0.4, -0.2) is 56.1 Å². The standard InChI is InChI=1S/C22H27ClN2O3/c1-16-4-5-17(12-21(16)28-3)13-22(26)25-10-8-24(9-11-25)15-18-14-19(23)6-7-20(18)27-2/h4-7,12,14H,8-11,13,15H2,1-3H3. The minimum absolute atomic E-state index is 0.158. The number of benzene rings is 2. The molecule has 0 aromatic heterocycles. The number of piperazine rings is 1. The van der Waals surface area contributed by atoms with Gasteiger partial charge >= 0.3 is 0 Å². The topological polar surface area (TPSA) is 42.0 Å². The number of rotatable bonds is 6. The molecule has 5 nitrogen and oxygen atoms in total. The summed E-state index contributed by atoms with van der Waals surface area (Å²) in [5.41, 5.74) is 3.13. The van der Waals surface area contributed by atoms with Crippen LogP contribution < -0.4 is 9.47 Å². The Morgan fingerprint density at radius 2 is 1.71 bits per heavy atom. The highest BCUT2D eigenvalue weighted by atomic mass is 35.5. The summed E-state index contributed by atoms with van der Waals surface area (Å²) in [6.07, 6.45) is 0.402. The Morgan fingerprint density at radius 1 is 1.00 bits per heavy atom. The van der Waals surface area contributed by atoms with Crippen LogP contribution in [0.1, 0.15) is 16.7 Å². The van der Waals surface area contributed by atoms with Crippen molar-refractivity contribution in [2.45, 2.75) is 19.9 Å². The monoisotopic (exact) mass is 402 g/mol. The molecule has 1 aliphatic rings. The third-order valence-corrected chi connectivity index (χ3v) is 5.42. The number of hydrogen-bond donors (Lipinski definition) is 0. The van der Waals surface area contributed by atoms with E-state index >= 15 is 0 Å². The van der Waals surface area contributed by atoms with Gasteiger partial charge in [-0.25, -0.2) is 0 Å². The zero-order valence-corrected chi connectivity index (χ0v) is 17.5. The van der Waals surface area contributed by atoms with Gasteiger partial charge in [0.1, 0.15) is 11.5 Å². The molecule has 2 aromatic carbocycles. The van der Waals surface area contributed by atoms with Gasteiger partial charge in [0.25, 0.3) is 0 Å². The number of nitrogens with zero attached hydrogens (tertiary/aromatic N) is 2. The average molecular weight is 403 g/mol. The second kappa shape index (κ2) is 9.30. The first kappa shape index (κ1) is 20.5. The van der Waals surface area contributed by atoms with Crippen LogP contribution in [0.2, 0.25) is 5.02 Å². The molecule has 1 fully saturated rings. The molecule has 1 aliphatic heterocycles. The van der Waals surface area contributed by atoms with Gasteiger partial charge in [-0.1, -0.05) is 23.7 Å². The van der Waals surface area contributed by atoms with Gasteiger partial charge in [-0.05, 0) is 42.3 Å². The summed E-state index contributed by atoms with van der Waals surface area (Å²) in [4.78, 5) is 17.0. The Morgan fingerprint density at radius 3 is 2.39 bits per heavy atom. The molecule has 1 amide bonds. The summed E-state index contributed by atoms with van der Waals surface area (Å²) in [5.74, 6) is 1.83. The van der Waals surface area contributed by atoms with E-state index in [0.29, 0.717) is 11.4 Å². The van der Waals surface area contributed by atoms with Crippen molar-refractivity contribution in [3.63, 3.8) is 0 Å². The fourth-order valence-electron chi connectivity index (χ4n) is 3.53. The molecule has 0 bridgehead atoms. The molecule has 0 unspecified atom stereocenters. The molecule has 0 radical (unpaired) electrons. The normalized spacial score (nSPS) is 14.8. The molecule has 0 atom stereocenters. The quantitative estimate of drug-likeness (QED) is 0.741. The van der Waals surface area contributed by atoms with E-state index in [1.807, 2.05) is 48.2 Å². The van der Waals surface area contributed by atoms with Gasteiger partial charge in [-0.15, -0.1) is 0 Å². The van der Waals surface area contributed by atoms with Crippen molar-refractivity contribution in [3.8, 4) is 11.5 Å².